The topological polar surface area (TPSA) is 49.8 Å². The van der Waals surface area contributed by atoms with Gasteiger partial charge in [0.15, 0.2) is 0 Å². The monoisotopic (exact) mass is 226 g/mol. The van der Waals surface area contributed by atoms with Gasteiger partial charge >= 0.3 is 0 Å². The smallest absolute Gasteiger partial charge is 0.102 e. The first-order valence-electron chi connectivity index (χ1n) is 5.89. The van der Waals surface area contributed by atoms with Crippen LogP contribution < -0.4 is 5.73 Å². The molecule has 0 aromatic heterocycles. The highest BCUT2D eigenvalue weighted by molar-refractivity contribution is 8.00. The zero-order valence-electron chi connectivity index (χ0n) is 9.83. The Labute approximate surface area is 97.6 Å². The van der Waals surface area contributed by atoms with Gasteiger partial charge in [0.2, 0.25) is 0 Å². The quantitative estimate of drug-likeness (QED) is 0.801. The van der Waals surface area contributed by atoms with Crippen molar-refractivity contribution in [3.63, 3.8) is 0 Å². The van der Waals surface area contributed by atoms with E-state index in [0.717, 1.165) is 11.7 Å². The maximum Gasteiger partial charge on any atom is 0.102 e. The maximum absolute atomic E-state index is 8.86. The number of hydrogen-bond acceptors (Lipinski definition) is 3. The predicted octanol–water partition coefficient (Wildman–Crippen LogP) is 3.07. The standard InChI is InChI=1S/C12H22N2S/c1-10(8-12(2,14)9-13)15-11-6-4-3-5-7-11/h10-11H,3-8,14H2,1-2H3. The lowest BCUT2D eigenvalue weighted by molar-refractivity contribution is 0.508. The molecule has 0 heterocycles. The molecule has 0 aromatic rings. The van der Waals surface area contributed by atoms with Crippen LogP contribution in [0.3, 0.4) is 0 Å². The van der Waals surface area contributed by atoms with Gasteiger partial charge in [0.1, 0.15) is 5.54 Å². The minimum absolute atomic E-state index is 0.503. The van der Waals surface area contributed by atoms with Gasteiger partial charge in [-0.15, -0.1) is 0 Å². The number of nitrogens with two attached hydrogens (primary N) is 1. The van der Waals surface area contributed by atoms with Crippen LogP contribution in [0.2, 0.25) is 0 Å². The van der Waals surface area contributed by atoms with Gasteiger partial charge in [0.05, 0.1) is 6.07 Å². The van der Waals surface area contributed by atoms with Gasteiger partial charge in [-0.3, -0.25) is 0 Å². The molecule has 0 spiro atoms. The fraction of sp³-hybridized carbons (Fsp3) is 0.917. The molecule has 0 radical (unpaired) electrons. The summed E-state index contributed by atoms with van der Waals surface area (Å²) >= 11 is 2.03. The second-order valence-corrected chi connectivity index (χ2v) is 6.68. The van der Waals surface area contributed by atoms with E-state index in [1.807, 2.05) is 18.7 Å². The summed E-state index contributed by atoms with van der Waals surface area (Å²) in [5.74, 6) is 0. The molecule has 2 N–H and O–H groups in total. The van der Waals surface area contributed by atoms with E-state index in [-0.39, 0.29) is 0 Å². The molecule has 2 nitrogen and oxygen atoms in total. The summed E-state index contributed by atoms with van der Waals surface area (Å²) in [6, 6.07) is 2.17. The number of thioether (sulfide) groups is 1. The van der Waals surface area contributed by atoms with Crippen molar-refractivity contribution in [1.82, 2.24) is 0 Å². The molecule has 0 amide bonds. The number of nitrogens with zero attached hydrogens (tertiary/aromatic N) is 1. The average molecular weight is 226 g/mol. The zero-order chi connectivity index (χ0) is 11.3. The molecular formula is C12H22N2S. The van der Waals surface area contributed by atoms with Gasteiger partial charge in [-0.2, -0.15) is 17.0 Å². The Morgan fingerprint density at radius 3 is 2.60 bits per heavy atom. The highest BCUT2D eigenvalue weighted by atomic mass is 32.2. The molecule has 1 aliphatic carbocycles. The molecule has 1 aliphatic rings. The summed E-state index contributed by atoms with van der Waals surface area (Å²) in [5, 5.41) is 10.2. The average Bonchev–Trinajstić information content (AvgIpc) is 2.18. The van der Waals surface area contributed by atoms with Gasteiger partial charge in [-0.1, -0.05) is 26.2 Å². The Balaban J connectivity index is 2.29. The normalized spacial score (nSPS) is 24.1. The fourth-order valence-electron chi connectivity index (χ4n) is 2.22. The lowest BCUT2D eigenvalue weighted by Crippen LogP contribution is -2.37. The van der Waals surface area contributed by atoms with E-state index in [1.165, 1.54) is 32.1 Å². The highest BCUT2D eigenvalue weighted by Crippen LogP contribution is 2.33. The van der Waals surface area contributed by atoms with E-state index in [2.05, 4.69) is 13.0 Å². The molecule has 1 fully saturated rings. The first-order chi connectivity index (χ1) is 7.03. The van der Waals surface area contributed by atoms with Crippen molar-refractivity contribution < 1.29 is 0 Å². The molecular weight excluding hydrogens is 204 g/mol. The summed E-state index contributed by atoms with van der Waals surface area (Å²) < 4.78 is 0. The third-order valence-corrected chi connectivity index (χ3v) is 4.43. The van der Waals surface area contributed by atoms with Crippen LogP contribution in [0.15, 0.2) is 0 Å². The minimum Gasteiger partial charge on any atom is -0.314 e. The zero-order valence-corrected chi connectivity index (χ0v) is 10.6. The number of nitriles is 1. The Kier molecular flexibility index (Phi) is 4.95. The van der Waals surface area contributed by atoms with Gasteiger partial charge in [0, 0.05) is 10.5 Å². The maximum atomic E-state index is 8.86. The fourth-order valence-corrected chi connectivity index (χ4v) is 3.93. The lowest BCUT2D eigenvalue weighted by Gasteiger charge is -2.27. The Hall–Kier alpha value is -0.200. The van der Waals surface area contributed by atoms with Crippen molar-refractivity contribution in [3.05, 3.63) is 0 Å². The van der Waals surface area contributed by atoms with Crippen LogP contribution in [0.1, 0.15) is 52.4 Å². The molecule has 0 bridgehead atoms. The number of hydrogen-bond donors (Lipinski definition) is 1. The summed E-state index contributed by atoms with van der Waals surface area (Å²) in [6.45, 7) is 4.02. The van der Waals surface area contributed by atoms with E-state index in [0.29, 0.717) is 5.25 Å². The Bertz CT molecular complexity index is 226. The van der Waals surface area contributed by atoms with Crippen LogP contribution in [0.25, 0.3) is 0 Å². The molecule has 2 atom stereocenters. The second kappa shape index (κ2) is 5.77. The van der Waals surface area contributed by atoms with E-state index in [1.54, 1.807) is 0 Å². The van der Waals surface area contributed by atoms with Crippen LogP contribution in [0.4, 0.5) is 0 Å². The van der Waals surface area contributed by atoms with Gasteiger partial charge < -0.3 is 5.73 Å². The molecule has 1 rings (SSSR count). The summed E-state index contributed by atoms with van der Waals surface area (Å²) in [6.07, 6.45) is 7.65. The van der Waals surface area contributed by atoms with Crippen LogP contribution in [0.5, 0.6) is 0 Å². The molecule has 86 valence electrons. The number of rotatable bonds is 4. The highest BCUT2D eigenvalue weighted by Gasteiger charge is 2.24. The van der Waals surface area contributed by atoms with Crippen LogP contribution in [-0.4, -0.2) is 16.0 Å². The third-order valence-electron chi connectivity index (χ3n) is 2.94. The van der Waals surface area contributed by atoms with Crippen LogP contribution in [0, 0.1) is 11.3 Å². The summed E-state index contributed by atoms with van der Waals surface area (Å²) in [5.41, 5.74) is 5.20. The molecule has 0 aliphatic heterocycles. The summed E-state index contributed by atoms with van der Waals surface area (Å²) in [4.78, 5) is 0. The van der Waals surface area contributed by atoms with Crippen LogP contribution in [-0.2, 0) is 0 Å². The summed E-state index contributed by atoms with van der Waals surface area (Å²) in [7, 11) is 0. The second-order valence-electron chi connectivity index (χ2n) is 4.94. The van der Waals surface area contributed by atoms with E-state index in [4.69, 9.17) is 11.0 Å². The molecule has 0 aromatic carbocycles. The van der Waals surface area contributed by atoms with Gasteiger partial charge in [-0.25, -0.2) is 0 Å². The molecule has 15 heavy (non-hydrogen) atoms. The van der Waals surface area contributed by atoms with E-state index in [9.17, 15) is 0 Å². The largest absolute Gasteiger partial charge is 0.314 e. The van der Waals surface area contributed by atoms with Crippen molar-refractivity contribution in [2.24, 2.45) is 5.73 Å². The van der Waals surface area contributed by atoms with Crippen molar-refractivity contribution in [2.75, 3.05) is 0 Å². The Morgan fingerprint density at radius 2 is 2.07 bits per heavy atom. The first kappa shape index (κ1) is 12.9. The van der Waals surface area contributed by atoms with Gasteiger partial charge in [-0.05, 0) is 26.2 Å². The Morgan fingerprint density at radius 1 is 1.47 bits per heavy atom. The molecule has 1 saturated carbocycles. The molecule has 0 saturated heterocycles. The van der Waals surface area contributed by atoms with Crippen molar-refractivity contribution in [1.29, 1.82) is 5.26 Å². The first-order valence-corrected chi connectivity index (χ1v) is 6.83. The lowest BCUT2D eigenvalue weighted by atomic mass is 9.99. The third kappa shape index (κ3) is 4.90. The van der Waals surface area contributed by atoms with Crippen molar-refractivity contribution >= 4 is 11.8 Å². The predicted molar refractivity (Wildman–Crippen MR) is 66.7 cm³/mol. The van der Waals surface area contributed by atoms with E-state index >= 15 is 0 Å². The van der Waals surface area contributed by atoms with Gasteiger partial charge in [0.25, 0.3) is 0 Å². The SMILES string of the molecule is CC(CC(C)(N)C#N)SC1CCCCC1. The van der Waals surface area contributed by atoms with Crippen molar-refractivity contribution in [2.45, 2.75) is 68.4 Å². The van der Waals surface area contributed by atoms with Crippen molar-refractivity contribution in [3.8, 4) is 6.07 Å². The molecule has 3 heteroatoms. The molecule has 2 unspecified atom stereocenters. The minimum atomic E-state index is -0.652. The van der Waals surface area contributed by atoms with E-state index < -0.39 is 5.54 Å². The van der Waals surface area contributed by atoms with Crippen LogP contribution >= 0.6 is 11.8 Å².